The predicted molar refractivity (Wildman–Crippen MR) is 68.6 cm³/mol. The van der Waals surface area contributed by atoms with Crippen LogP contribution in [0.25, 0.3) is 0 Å². The van der Waals surface area contributed by atoms with Gasteiger partial charge in [0.05, 0.1) is 12.2 Å². The van der Waals surface area contributed by atoms with Crippen molar-refractivity contribution in [1.82, 2.24) is 4.90 Å². The molecule has 4 heteroatoms. The number of esters is 1. The largest absolute Gasteiger partial charge is 0.508 e. The van der Waals surface area contributed by atoms with Crippen LogP contribution >= 0.6 is 0 Å². The van der Waals surface area contributed by atoms with Crippen molar-refractivity contribution in [2.75, 3.05) is 19.7 Å². The van der Waals surface area contributed by atoms with Crippen LogP contribution in [0.2, 0.25) is 0 Å². The number of rotatable bonds is 4. The third-order valence-corrected chi connectivity index (χ3v) is 3.18. The first-order chi connectivity index (χ1) is 8.70. The van der Waals surface area contributed by atoms with Crippen LogP contribution < -0.4 is 0 Å². The van der Waals surface area contributed by atoms with Crippen LogP contribution in [0.15, 0.2) is 18.2 Å². The van der Waals surface area contributed by atoms with Gasteiger partial charge in [0.15, 0.2) is 0 Å². The number of hydrogen-bond donors (Lipinski definition) is 1. The van der Waals surface area contributed by atoms with Gasteiger partial charge >= 0.3 is 5.97 Å². The van der Waals surface area contributed by atoms with E-state index in [4.69, 9.17) is 4.74 Å². The lowest BCUT2D eigenvalue weighted by atomic mass is 10.1. The highest BCUT2D eigenvalue weighted by Crippen LogP contribution is 2.22. The molecule has 0 aliphatic carbocycles. The molecule has 1 saturated heterocycles. The van der Waals surface area contributed by atoms with Gasteiger partial charge in [-0.2, -0.15) is 0 Å². The lowest BCUT2D eigenvalue weighted by Crippen LogP contribution is -2.18. The predicted octanol–water partition coefficient (Wildman–Crippen LogP) is 2.16. The molecule has 4 nitrogen and oxygen atoms in total. The second kappa shape index (κ2) is 5.87. The molecule has 1 fully saturated rings. The van der Waals surface area contributed by atoms with Crippen LogP contribution in [0.4, 0.5) is 0 Å². The number of phenolic OH excluding ortho intramolecular Hbond substituents is 1. The molecule has 0 atom stereocenters. The minimum absolute atomic E-state index is 0.245. The highest BCUT2D eigenvalue weighted by Gasteiger charge is 2.15. The van der Waals surface area contributed by atoms with E-state index in [0.717, 1.165) is 18.7 Å². The zero-order valence-corrected chi connectivity index (χ0v) is 10.7. The molecule has 1 heterocycles. The highest BCUT2D eigenvalue weighted by atomic mass is 16.5. The van der Waals surface area contributed by atoms with E-state index in [9.17, 15) is 9.90 Å². The van der Waals surface area contributed by atoms with E-state index in [1.54, 1.807) is 25.1 Å². The average molecular weight is 249 g/mol. The number of aromatic hydroxyl groups is 1. The Morgan fingerprint density at radius 1 is 1.39 bits per heavy atom. The summed E-state index contributed by atoms with van der Waals surface area (Å²) in [6.07, 6.45) is 2.41. The summed E-state index contributed by atoms with van der Waals surface area (Å²) < 4.78 is 4.96. The van der Waals surface area contributed by atoms with E-state index in [1.807, 2.05) is 0 Å². The molecule has 1 aliphatic rings. The lowest BCUT2D eigenvalue weighted by molar-refractivity contribution is 0.0526. The summed E-state index contributed by atoms with van der Waals surface area (Å²) in [5.74, 6) is -0.0879. The Bertz CT molecular complexity index is 425. The van der Waals surface area contributed by atoms with Gasteiger partial charge < -0.3 is 9.84 Å². The van der Waals surface area contributed by atoms with Crippen LogP contribution in [0, 0.1) is 0 Å². The van der Waals surface area contributed by atoms with Crippen molar-refractivity contribution in [1.29, 1.82) is 0 Å². The van der Waals surface area contributed by atoms with Gasteiger partial charge in [-0.25, -0.2) is 4.79 Å². The maximum atomic E-state index is 11.6. The average Bonchev–Trinajstić information content (AvgIpc) is 2.85. The highest BCUT2D eigenvalue weighted by molar-refractivity contribution is 5.89. The molecule has 1 aromatic carbocycles. The van der Waals surface area contributed by atoms with Gasteiger partial charge in [0.2, 0.25) is 0 Å². The molecule has 0 saturated carbocycles. The summed E-state index contributed by atoms with van der Waals surface area (Å²) in [7, 11) is 0. The first-order valence-corrected chi connectivity index (χ1v) is 6.42. The number of benzene rings is 1. The molecule has 1 aliphatic heterocycles. The maximum Gasteiger partial charge on any atom is 0.338 e. The van der Waals surface area contributed by atoms with Crippen molar-refractivity contribution in [3.05, 3.63) is 29.3 Å². The van der Waals surface area contributed by atoms with Crippen LogP contribution in [0.1, 0.15) is 35.7 Å². The zero-order valence-electron chi connectivity index (χ0n) is 10.7. The molecule has 0 spiro atoms. The second-order valence-electron chi connectivity index (χ2n) is 4.55. The number of nitrogens with zero attached hydrogens (tertiary/aromatic N) is 1. The first-order valence-electron chi connectivity index (χ1n) is 6.42. The van der Waals surface area contributed by atoms with Crippen molar-refractivity contribution >= 4 is 5.97 Å². The SMILES string of the molecule is CCOC(=O)c1ccc(O)c(CN2CCCC2)c1. The first kappa shape index (κ1) is 12.9. The molecule has 98 valence electrons. The monoisotopic (exact) mass is 249 g/mol. The van der Waals surface area contributed by atoms with Gasteiger partial charge in [-0.3, -0.25) is 4.90 Å². The van der Waals surface area contributed by atoms with Crippen molar-refractivity contribution in [2.45, 2.75) is 26.3 Å². The molecule has 18 heavy (non-hydrogen) atoms. The molecule has 2 rings (SSSR count). The molecule has 0 unspecified atom stereocenters. The summed E-state index contributed by atoms with van der Waals surface area (Å²) in [6.45, 7) is 4.95. The Morgan fingerprint density at radius 2 is 2.11 bits per heavy atom. The smallest absolute Gasteiger partial charge is 0.338 e. The minimum atomic E-state index is -0.333. The molecular weight excluding hydrogens is 230 g/mol. The molecular formula is C14H19NO3. The van der Waals surface area contributed by atoms with Crippen LogP contribution in [-0.4, -0.2) is 35.7 Å². The molecule has 1 aromatic rings. The Hall–Kier alpha value is -1.55. The normalized spacial score (nSPS) is 15.8. The van der Waals surface area contributed by atoms with Gasteiger partial charge in [0, 0.05) is 12.1 Å². The fourth-order valence-electron chi connectivity index (χ4n) is 2.24. The summed E-state index contributed by atoms with van der Waals surface area (Å²) in [5, 5.41) is 9.83. The van der Waals surface area contributed by atoms with E-state index in [-0.39, 0.29) is 11.7 Å². The number of ether oxygens (including phenoxy) is 1. The Labute approximate surface area is 107 Å². The van der Waals surface area contributed by atoms with Gasteiger partial charge in [-0.05, 0) is 51.1 Å². The van der Waals surface area contributed by atoms with E-state index >= 15 is 0 Å². The third kappa shape index (κ3) is 3.01. The van der Waals surface area contributed by atoms with E-state index in [2.05, 4.69) is 4.90 Å². The van der Waals surface area contributed by atoms with E-state index < -0.39 is 0 Å². The van der Waals surface area contributed by atoms with Crippen LogP contribution in [0.3, 0.4) is 0 Å². The van der Waals surface area contributed by atoms with E-state index in [1.165, 1.54) is 12.8 Å². The Morgan fingerprint density at radius 3 is 2.78 bits per heavy atom. The zero-order chi connectivity index (χ0) is 13.0. The van der Waals surface area contributed by atoms with Gasteiger partial charge in [0.25, 0.3) is 0 Å². The molecule has 1 N–H and O–H groups in total. The molecule has 0 radical (unpaired) electrons. The number of likely N-dealkylation sites (tertiary alicyclic amines) is 1. The molecule has 0 amide bonds. The standard InChI is InChI=1S/C14H19NO3/c1-2-18-14(17)11-5-6-13(16)12(9-11)10-15-7-3-4-8-15/h5-6,9,16H,2-4,7-8,10H2,1H3. The summed E-state index contributed by atoms with van der Waals surface area (Å²) in [4.78, 5) is 13.9. The minimum Gasteiger partial charge on any atom is -0.508 e. The van der Waals surface area contributed by atoms with E-state index in [0.29, 0.717) is 18.7 Å². The van der Waals surface area contributed by atoms with Crippen molar-refractivity contribution < 1.29 is 14.6 Å². The van der Waals surface area contributed by atoms with Crippen molar-refractivity contribution in [3.63, 3.8) is 0 Å². The number of carbonyl (C=O) groups is 1. The Kier molecular flexibility index (Phi) is 4.20. The second-order valence-corrected chi connectivity index (χ2v) is 4.55. The van der Waals surface area contributed by atoms with Gasteiger partial charge in [0.1, 0.15) is 5.75 Å². The fourth-order valence-corrected chi connectivity index (χ4v) is 2.24. The van der Waals surface area contributed by atoms with Crippen LogP contribution in [-0.2, 0) is 11.3 Å². The summed E-state index contributed by atoms with van der Waals surface area (Å²) >= 11 is 0. The Balaban J connectivity index is 2.12. The summed E-state index contributed by atoms with van der Waals surface area (Å²) in [6, 6.07) is 4.89. The van der Waals surface area contributed by atoms with Crippen LogP contribution in [0.5, 0.6) is 5.75 Å². The number of hydrogen-bond acceptors (Lipinski definition) is 4. The quantitative estimate of drug-likeness (QED) is 0.831. The van der Waals surface area contributed by atoms with Gasteiger partial charge in [-0.1, -0.05) is 0 Å². The number of phenols is 1. The number of carbonyl (C=O) groups excluding carboxylic acids is 1. The molecule has 0 aromatic heterocycles. The lowest BCUT2D eigenvalue weighted by Gasteiger charge is -2.16. The van der Waals surface area contributed by atoms with Crippen molar-refractivity contribution in [3.8, 4) is 5.75 Å². The molecule has 0 bridgehead atoms. The maximum absolute atomic E-state index is 11.6. The van der Waals surface area contributed by atoms with Gasteiger partial charge in [-0.15, -0.1) is 0 Å². The summed E-state index contributed by atoms with van der Waals surface area (Å²) in [5.41, 5.74) is 1.30. The van der Waals surface area contributed by atoms with Crippen molar-refractivity contribution in [2.24, 2.45) is 0 Å². The topological polar surface area (TPSA) is 49.8 Å². The fraction of sp³-hybridized carbons (Fsp3) is 0.500. The third-order valence-electron chi connectivity index (χ3n) is 3.18.